The highest BCUT2D eigenvalue weighted by Crippen LogP contribution is 2.22. The van der Waals surface area contributed by atoms with Gasteiger partial charge in [-0.25, -0.2) is 0 Å². The van der Waals surface area contributed by atoms with E-state index in [4.69, 9.17) is 0 Å². The van der Waals surface area contributed by atoms with E-state index in [-0.39, 0.29) is 23.3 Å². The van der Waals surface area contributed by atoms with E-state index in [2.05, 4.69) is 41.5 Å². The van der Waals surface area contributed by atoms with Gasteiger partial charge in [-0.3, -0.25) is 0 Å². The van der Waals surface area contributed by atoms with Crippen LogP contribution in [0.15, 0.2) is 0 Å². The molecule has 0 rings (SSSR count). The molecule has 0 aliphatic heterocycles. The quantitative estimate of drug-likeness (QED) is 0.446. The topological polar surface area (TPSA) is 0 Å². The van der Waals surface area contributed by atoms with E-state index < -0.39 is 0 Å². The fourth-order valence-corrected chi connectivity index (χ4v) is 0.250. The van der Waals surface area contributed by atoms with Crippen molar-refractivity contribution in [3.05, 3.63) is 0 Å². The van der Waals surface area contributed by atoms with Crippen LogP contribution < -0.4 is 0 Å². The van der Waals surface area contributed by atoms with Crippen molar-refractivity contribution < 1.29 is 0 Å². The van der Waals surface area contributed by atoms with E-state index in [1.165, 1.54) is 19.3 Å². The van der Waals surface area contributed by atoms with Gasteiger partial charge in [-0.05, 0) is 5.41 Å². The van der Waals surface area contributed by atoms with E-state index >= 15 is 0 Å². The van der Waals surface area contributed by atoms with E-state index in [0.29, 0.717) is 5.41 Å². The maximum absolute atomic E-state index is 2.30. The van der Waals surface area contributed by atoms with Crippen LogP contribution in [0.5, 0.6) is 0 Å². The van der Waals surface area contributed by atoms with Crippen LogP contribution >= 0.6 is 0 Å². The molecule has 0 aromatic carbocycles. The van der Waals surface area contributed by atoms with Gasteiger partial charge in [0, 0.05) is 8.41 Å². The van der Waals surface area contributed by atoms with Gasteiger partial charge < -0.3 is 0 Å². The first-order chi connectivity index (χ1) is 7.54. The molecule has 0 N–H and O–H groups in total. The first-order valence-corrected chi connectivity index (χ1v) is 7.54. The van der Waals surface area contributed by atoms with Crippen molar-refractivity contribution in [1.29, 1.82) is 0 Å². The van der Waals surface area contributed by atoms with E-state index in [1.807, 2.05) is 41.5 Å². The second-order valence-electron chi connectivity index (χ2n) is 3.58. The van der Waals surface area contributed by atoms with Crippen LogP contribution in [0.3, 0.4) is 0 Å². The molecule has 19 heavy (non-hydrogen) atoms. The van der Waals surface area contributed by atoms with Crippen LogP contribution in [0.1, 0.15) is 117 Å². The van der Waals surface area contributed by atoms with Crippen molar-refractivity contribution in [3.63, 3.8) is 0 Å². The van der Waals surface area contributed by atoms with Crippen LogP contribution in [-0.4, -0.2) is 8.41 Å². The zero-order chi connectivity index (χ0) is 14.6. The molecule has 0 fully saturated rings. The molecule has 0 saturated carbocycles. The third-order valence-corrected chi connectivity index (χ3v) is 1.91. The van der Waals surface area contributed by atoms with Gasteiger partial charge in [-0.2, -0.15) is 0 Å². The highest BCUT2D eigenvalue weighted by Gasteiger charge is 2.09. The Balaban J connectivity index is -0.0000000147. The Kier molecular flexibility index (Phi) is 171. The number of hydrogen-bond acceptors (Lipinski definition) is 0. The molecule has 0 amide bonds. The molecule has 0 spiro atoms. The lowest BCUT2D eigenvalue weighted by Gasteiger charge is -2.18. The molecule has 0 atom stereocenters. The molecule has 0 aromatic rings. The van der Waals surface area contributed by atoms with E-state index in [1.54, 1.807) is 0 Å². The maximum Gasteiger partial charge on any atom is 0 e. The Labute approximate surface area is 131 Å². The van der Waals surface area contributed by atoms with E-state index in [9.17, 15) is 0 Å². The van der Waals surface area contributed by atoms with Crippen molar-refractivity contribution in [2.45, 2.75) is 117 Å². The largest absolute Gasteiger partial charge is 0.0776 e. The van der Waals surface area contributed by atoms with Gasteiger partial charge in [0.15, 0.2) is 0 Å². The Morgan fingerprint density at radius 1 is 0.579 bits per heavy atom. The lowest BCUT2D eigenvalue weighted by molar-refractivity contribution is 0.338. The van der Waals surface area contributed by atoms with Crippen molar-refractivity contribution in [2.24, 2.45) is 5.41 Å². The zero-order valence-corrected chi connectivity index (χ0v) is 15.2. The molecule has 0 nitrogen and oxygen atoms in total. The standard InChI is InChI=1S/C7H16.C3H8.3C2H6.2CH4.B/c1-5-7(3,4)6-2;1-3-2;3*1-2;;;/h5-6H2,1-4H3;3H2,1-2H3;3*1-2H3;2*1H4;. The van der Waals surface area contributed by atoms with Crippen LogP contribution in [0, 0.1) is 5.41 Å². The smallest absolute Gasteiger partial charge is 0 e. The number of hydrogen-bond donors (Lipinski definition) is 0. The molecule has 125 valence electrons. The Hall–Kier alpha value is 0.0649. The minimum atomic E-state index is 0. The van der Waals surface area contributed by atoms with Gasteiger partial charge in [0.2, 0.25) is 0 Å². The molecule has 0 unspecified atom stereocenters. The predicted octanol–water partition coefficient (Wildman–Crippen LogP) is 8.22. The van der Waals surface area contributed by atoms with E-state index in [0.717, 1.165) is 0 Å². The molecule has 0 saturated heterocycles. The zero-order valence-electron chi connectivity index (χ0n) is 15.2. The highest BCUT2D eigenvalue weighted by atomic mass is 14.1. The Bertz CT molecular complexity index is 52.7. The van der Waals surface area contributed by atoms with Crippen LogP contribution in [0.2, 0.25) is 0 Å². The predicted molar refractivity (Wildman–Crippen MR) is 104 cm³/mol. The van der Waals surface area contributed by atoms with Crippen molar-refractivity contribution in [2.75, 3.05) is 0 Å². The highest BCUT2D eigenvalue weighted by molar-refractivity contribution is 5.75. The fourth-order valence-electron chi connectivity index (χ4n) is 0.250. The van der Waals surface area contributed by atoms with Crippen LogP contribution in [0.25, 0.3) is 0 Å². The van der Waals surface area contributed by atoms with Crippen LogP contribution in [0.4, 0.5) is 0 Å². The summed E-state index contributed by atoms with van der Waals surface area (Å²) in [5.41, 5.74) is 0.583. The summed E-state index contributed by atoms with van der Waals surface area (Å²) in [6.07, 6.45) is 3.84. The van der Waals surface area contributed by atoms with Crippen molar-refractivity contribution >= 4 is 8.41 Å². The van der Waals surface area contributed by atoms with Gasteiger partial charge in [0.1, 0.15) is 0 Å². The second-order valence-corrected chi connectivity index (χ2v) is 3.58. The molecule has 0 aromatic heterocycles. The minimum Gasteiger partial charge on any atom is -0.0776 e. The summed E-state index contributed by atoms with van der Waals surface area (Å²) in [7, 11) is 0. The molecule has 0 bridgehead atoms. The SMILES string of the molecule is C.C.CC.CC.CC.CCC.CCC(C)(C)CC.[B]. The molecule has 0 aliphatic carbocycles. The number of rotatable bonds is 2. The summed E-state index contributed by atoms with van der Waals surface area (Å²) >= 11 is 0. The summed E-state index contributed by atoms with van der Waals surface area (Å²) in [6.45, 7) is 25.3. The van der Waals surface area contributed by atoms with Crippen molar-refractivity contribution in [1.82, 2.24) is 0 Å². The maximum atomic E-state index is 2.30. The fraction of sp³-hybridized carbons (Fsp3) is 1.00. The summed E-state index contributed by atoms with van der Waals surface area (Å²) in [5, 5.41) is 0. The first kappa shape index (κ1) is 50.8. The third-order valence-electron chi connectivity index (χ3n) is 1.91. The third kappa shape index (κ3) is 127. The molecule has 1 heteroatoms. The second kappa shape index (κ2) is 64.0. The summed E-state index contributed by atoms with van der Waals surface area (Å²) in [4.78, 5) is 0. The molecule has 0 aliphatic rings. The Morgan fingerprint density at radius 3 is 0.684 bits per heavy atom. The normalized spacial score (nSPS) is 6.32. The lowest BCUT2D eigenvalue weighted by atomic mass is 9.88. The Morgan fingerprint density at radius 2 is 0.684 bits per heavy atom. The summed E-state index contributed by atoms with van der Waals surface area (Å²) < 4.78 is 0. The first-order valence-electron chi connectivity index (χ1n) is 7.54. The lowest BCUT2D eigenvalue weighted by Crippen LogP contribution is -2.05. The van der Waals surface area contributed by atoms with Gasteiger partial charge in [-0.15, -0.1) is 0 Å². The minimum absolute atomic E-state index is 0. The van der Waals surface area contributed by atoms with Gasteiger partial charge in [0.05, 0.1) is 0 Å². The molecule has 3 radical (unpaired) electrons. The molecular formula is C18H50B. The summed E-state index contributed by atoms with van der Waals surface area (Å²) in [5.74, 6) is 0. The monoisotopic (exact) mass is 277 g/mol. The molecule has 0 heterocycles. The van der Waals surface area contributed by atoms with Crippen LogP contribution in [-0.2, 0) is 0 Å². The average Bonchev–Trinajstić information content (AvgIpc) is 2.37. The van der Waals surface area contributed by atoms with Gasteiger partial charge >= 0.3 is 0 Å². The average molecular weight is 277 g/mol. The van der Waals surface area contributed by atoms with Crippen molar-refractivity contribution in [3.8, 4) is 0 Å². The van der Waals surface area contributed by atoms with Gasteiger partial charge in [-0.1, -0.05) is 117 Å². The molecular weight excluding hydrogens is 227 g/mol. The van der Waals surface area contributed by atoms with Gasteiger partial charge in [0.25, 0.3) is 0 Å². The summed E-state index contributed by atoms with van der Waals surface area (Å²) in [6, 6.07) is 0.